The van der Waals surface area contributed by atoms with E-state index in [-0.39, 0.29) is 0 Å². The molecule has 1 amide bonds. The Morgan fingerprint density at radius 3 is 2.68 bits per heavy atom. The average Bonchev–Trinajstić information content (AvgIpc) is 2.74. The van der Waals surface area contributed by atoms with E-state index < -0.39 is 5.91 Å². The lowest BCUT2D eigenvalue weighted by Gasteiger charge is -2.03. The molecule has 0 saturated carbocycles. The second-order valence-corrected chi connectivity index (χ2v) is 4.29. The van der Waals surface area contributed by atoms with Crippen molar-refractivity contribution in [1.29, 1.82) is 0 Å². The van der Waals surface area contributed by atoms with Crippen LogP contribution in [0, 0.1) is 6.92 Å². The molecule has 0 saturated heterocycles. The summed E-state index contributed by atoms with van der Waals surface area (Å²) >= 11 is 0. The van der Waals surface area contributed by atoms with Crippen molar-refractivity contribution >= 4 is 11.7 Å². The van der Waals surface area contributed by atoms with Crippen molar-refractivity contribution in [2.24, 2.45) is 5.73 Å². The van der Waals surface area contributed by atoms with Gasteiger partial charge in [-0.3, -0.25) is 9.20 Å². The van der Waals surface area contributed by atoms with Crippen LogP contribution >= 0.6 is 0 Å². The molecule has 0 fully saturated rings. The van der Waals surface area contributed by atoms with Crippen molar-refractivity contribution in [3.63, 3.8) is 0 Å². The summed E-state index contributed by atoms with van der Waals surface area (Å²) in [4.78, 5) is 19.8. The number of nitrogens with two attached hydrogens (primary N) is 1. The molecule has 2 aromatic heterocycles. The Bertz CT molecular complexity index is 762. The number of amides is 1. The maximum atomic E-state index is 11.2. The second-order valence-electron chi connectivity index (χ2n) is 4.29. The predicted molar refractivity (Wildman–Crippen MR) is 71.7 cm³/mol. The molecule has 2 heterocycles. The van der Waals surface area contributed by atoms with E-state index in [4.69, 9.17) is 5.73 Å². The number of aromatic nitrogens is 3. The third-order valence-electron chi connectivity index (χ3n) is 2.99. The molecule has 5 nitrogen and oxygen atoms in total. The second kappa shape index (κ2) is 4.20. The molecule has 0 radical (unpaired) electrons. The summed E-state index contributed by atoms with van der Waals surface area (Å²) in [7, 11) is 0. The van der Waals surface area contributed by atoms with Crippen molar-refractivity contribution in [2.75, 3.05) is 0 Å². The normalized spacial score (nSPS) is 10.8. The first-order chi connectivity index (χ1) is 9.16. The zero-order valence-electron chi connectivity index (χ0n) is 10.4. The summed E-state index contributed by atoms with van der Waals surface area (Å²) in [6.45, 7) is 1.92. The number of imidazole rings is 1. The quantitative estimate of drug-likeness (QED) is 0.755. The van der Waals surface area contributed by atoms with Crippen LogP contribution in [0.2, 0.25) is 0 Å². The number of hydrogen-bond acceptors (Lipinski definition) is 3. The summed E-state index contributed by atoms with van der Waals surface area (Å²) in [5.41, 5.74) is 8.46. The van der Waals surface area contributed by atoms with Crippen LogP contribution in [-0.4, -0.2) is 20.3 Å². The first-order valence-corrected chi connectivity index (χ1v) is 5.87. The van der Waals surface area contributed by atoms with Gasteiger partial charge >= 0.3 is 0 Å². The molecule has 0 atom stereocenters. The van der Waals surface area contributed by atoms with Crippen molar-refractivity contribution in [3.8, 4) is 11.3 Å². The number of aryl methyl sites for hydroxylation is 1. The van der Waals surface area contributed by atoms with Gasteiger partial charge in [0, 0.05) is 18.0 Å². The largest absolute Gasteiger partial charge is 0.366 e. The van der Waals surface area contributed by atoms with Gasteiger partial charge in [0.25, 0.3) is 5.91 Å². The van der Waals surface area contributed by atoms with E-state index in [1.165, 1.54) is 6.20 Å². The topological polar surface area (TPSA) is 73.3 Å². The molecular weight excluding hydrogens is 240 g/mol. The Kier molecular flexibility index (Phi) is 2.52. The standard InChI is InChI=1S/C14H12N4O/c1-9-12(10-5-3-2-4-6-10)18-8-11(13(15)19)7-16-14(18)17-9/h2-8H,1H3,(H2,15,19). The molecule has 0 aliphatic carbocycles. The molecule has 2 N–H and O–H groups in total. The molecular formula is C14H12N4O. The first-order valence-electron chi connectivity index (χ1n) is 5.87. The van der Waals surface area contributed by atoms with Gasteiger partial charge in [-0.2, -0.15) is 0 Å². The maximum absolute atomic E-state index is 11.2. The average molecular weight is 252 g/mol. The third kappa shape index (κ3) is 1.85. The molecule has 5 heteroatoms. The predicted octanol–water partition coefficient (Wildman–Crippen LogP) is 1.80. The smallest absolute Gasteiger partial charge is 0.251 e. The summed E-state index contributed by atoms with van der Waals surface area (Å²) in [5.74, 6) is 0.0566. The number of benzene rings is 1. The molecule has 1 aromatic carbocycles. The molecule has 3 aromatic rings. The number of fused-ring (bicyclic) bond motifs is 1. The number of carbonyl (C=O) groups is 1. The molecule has 3 rings (SSSR count). The Labute approximate surface area is 109 Å². The van der Waals surface area contributed by atoms with Crippen LogP contribution in [0.3, 0.4) is 0 Å². The lowest BCUT2D eigenvalue weighted by Crippen LogP contribution is -2.12. The minimum Gasteiger partial charge on any atom is -0.366 e. The minimum absolute atomic E-state index is 0.363. The van der Waals surface area contributed by atoms with Crippen LogP contribution in [0.15, 0.2) is 42.7 Å². The maximum Gasteiger partial charge on any atom is 0.251 e. The lowest BCUT2D eigenvalue weighted by atomic mass is 10.1. The summed E-state index contributed by atoms with van der Waals surface area (Å²) < 4.78 is 1.80. The van der Waals surface area contributed by atoms with Gasteiger partial charge in [0.2, 0.25) is 5.78 Å². The highest BCUT2D eigenvalue weighted by atomic mass is 16.1. The van der Waals surface area contributed by atoms with Crippen LogP contribution in [0.25, 0.3) is 17.0 Å². The van der Waals surface area contributed by atoms with Crippen LogP contribution in [0.5, 0.6) is 0 Å². The highest BCUT2D eigenvalue weighted by molar-refractivity contribution is 5.92. The molecule has 0 aliphatic heterocycles. The minimum atomic E-state index is -0.500. The lowest BCUT2D eigenvalue weighted by molar-refractivity contribution is 0.0999. The van der Waals surface area contributed by atoms with Crippen molar-refractivity contribution in [1.82, 2.24) is 14.4 Å². The Morgan fingerprint density at radius 2 is 2.00 bits per heavy atom. The summed E-state index contributed by atoms with van der Waals surface area (Å²) in [5, 5.41) is 0. The number of hydrogen-bond donors (Lipinski definition) is 1. The highest BCUT2D eigenvalue weighted by Gasteiger charge is 2.13. The number of primary amides is 1. The fourth-order valence-corrected chi connectivity index (χ4v) is 2.12. The zero-order valence-corrected chi connectivity index (χ0v) is 10.4. The van der Waals surface area contributed by atoms with Crippen molar-refractivity contribution in [2.45, 2.75) is 6.92 Å². The zero-order chi connectivity index (χ0) is 13.4. The molecule has 0 spiro atoms. The highest BCUT2D eigenvalue weighted by Crippen LogP contribution is 2.23. The monoisotopic (exact) mass is 252 g/mol. The van der Waals surface area contributed by atoms with Gasteiger partial charge in [0.05, 0.1) is 17.0 Å². The Morgan fingerprint density at radius 1 is 1.26 bits per heavy atom. The van der Waals surface area contributed by atoms with Gasteiger partial charge < -0.3 is 5.73 Å². The van der Waals surface area contributed by atoms with Crippen molar-refractivity contribution in [3.05, 3.63) is 54.0 Å². The van der Waals surface area contributed by atoms with Crippen LogP contribution in [-0.2, 0) is 0 Å². The van der Waals surface area contributed by atoms with E-state index in [2.05, 4.69) is 9.97 Å². The fourth-order valence-electron chi connectivity index (χ4n) is 2.12. The SMILES string of the molecule is Cc1nc2ncc(C(N)=O)cn2c1-c1ccccc1. The Hall–Kier alpha value is -2.69. The van der Waals surface area contributed by atoms with Gasteiger partial charge in [-0.05, 0) is 6.92 Å². The molecule has 94 valence electrons. The van der Waals surface area contributed by atoms with E-state index in [1.807, 2.05) is 37.3 Å². The van der Waals surface area contributed by atoms with Gasteiger partial charge in [0.1, 0.15) is 0 Å². The number of rotatable bonds is 2. The number of carbonyl (C=O) groups excluding carboxylic acids is 1. The first kappa shape index (κ1) is 11.4. The Balaban J connectivity index is 2.31. The molecule has 0 unspecified atom stereocenters. The van der Waals surface area contributed by atoms with E-state index in [0.717, 1.165) is 17.0 Å². The van der Waals surface area contributed by atoms with Crippen LogP contribution in [0.4, 0.5) is 0 Å². The van der Waals surface area contributed by atoms with E-state index in [9.17, 15) is 4.79 Å². The molecule has 0 bridgehead atoms. The van der Waals surface area contributed by atoms with E-state index in [0.29, 0.717) is 11.3 Å². The van der Waals surface area contributed by atoms with E-state index >= 15 is 0 Å². The summed E-state index contributed by atoms with van der Waals surface area (Å²) in [6.07, 6.45) is 3.12. The third-order valence-corrected chi connectivity index (χ3v) is 2.99. The van der Waals surface area contributed by atoms with Crippen LogP contribution in [0.1, 0.15) is 16.1 Å². The van der Waals surface area contributed by atoms with Gasteiger partial charge in [-0.25, -0.2) is 9.97 Å². The van der Waals surface area contributed by atoms with Gasteiger partial charge in [-0.15, -0.1) is 0 Å². The molecule has 19 heavy (non-hydrogen) atoms. The fraction of sp³-hybridized carbons (Fsp3) is 0.0714. The van der Waals surface area contributed by atoms with Crippen LogP contribution < -0.4 is 5.73 Å². The van der Waals surface area contributed by atoms with Gasteiger partial charge in [0.15, 0.2) is 0 Å². The number of nitrogens with zero attached hydrogens (tertiary/aromatic N) is 3. The van der Waals surface area contributed by atoms with Gasteiger partial charge in [-0.1, -0.05) is 30.3 Å². The molecule has 0 aliphatic rings. The van der Waals surface area contributed by atoms with E-state index in [1.54, 1.807) is 10.6 Å². The summed E-state index contributed by atoms with van der Waals surface area (Å²) in [6, 6.07) is 9.86. The van der Waals surface area contributed by atoms with Crippen molar-refractivity contribution < 1.29 is 4.79 Å².